The summed E-state index contributed by atoms with van der Waals surface area (Å²) in [5.41, 5.74) is 2.40. The molecule has 40 heavy (non-hydrogen) atoms. The number of hydrogen-bond donors (Lipinski definition) is 2. The highest BCUT2D eigenvalue weighted by molar-refractivity contribution is 6.10. The summed E-state index contributed by atoms with van der Waals surface area (Å²) in [4.78, 5) is 25.7. The van der Waals surface area contributed by atoms with Crippen LogP contribution in [0, 0.1) is 29.5 Å². The number of aliphatic imine (C=N–C) groups is 3. The van der Waals surface area contributed by atoms with Gasteiger partial charge in [-0.2, -0.15) is 5.26 Å². The molecule has 1 heterocycles. The zero-order chi connectivity index (χ0) is 29.4. The highest BCUT2D eigenvalue weighted by Gasteiger charge is 2.20. The summed E-state index contributed by atoms with van der Waals surface area (Å²) in [5.74, 6) is -0.00531. The molecule has 8 nitrogen and oxygen atoms in total. The molecule has 0 radical (unpaired) electrons. The van der Waals surface area contributed by atoms with Gasteiger partial charge in [-0.15, -0.1) is 0 Å². The number of aromatic nitrogens is 1. The fourth-order valence-electron chi connectivity index (χ4n) is 4.03. The number of rotatable bonds is 9. The Hall–Kier alpha value is -5.04. The van der Waals surface area contributed by atoms with Crippen LogP contribution in [-0.2, 0) is 7.05 Å². The van der Waals surface area contributed by atoms with Crippen LogP contribution < -0.4 is 10.9 Å². The van der Waals surface area contributed by atoms with Crippen LogP contribution in [0.15, 0.2) is 74.5 Å². The number of benzene rings is 2. The Morgan fingerprint density at radius 3 is 2.65 bits per heavy atom. The molecule has 3 rings (SSSR count). The van der Waals surface area contributed by atoms with E-state index in [1.807, 2.05) is 6.07 Å². The summed E-state index contributed by atoms with van der Waals surface area (Å²) in [5, 5.41) is 21.2. The molecule has 0 aliphatic rings. The molecular formula is C30H29F2N7O. The minimum atomic E-state index is -0.942. The Kier molecular flexibility index (Phi) is 9.71. The summed E-state index contributed by atoms with van der Waals surface area (Å²) in [7, 11) is 3.21. The molecule has 0 saturated heterocycles. The predicted molar refractivity (Wildman–Crippen MR) is 159 cm³/mol. The maximum atomic E-state index is 14.5. The van der Waals surface area contributed by atoms with Crippen molar-refractivity contribution < 1.29 is 8.78 Å². The highest BCUT2D eigenvalue weighted by atomic mass is 19.1. The third-order valence-corrected chi connectivity index (χ3v) is 6.14. The van der Waals surface area contributed by atoms with Crippen molar-refractivity contribution >= 4 is 46.5 Å². The molecular weight excluding hydrogens is 512 g/mol. The third-order valence-electron chi connectivity index (χ3n) is 6.14. The summed E-state index contributed by atoms with van der Waals surface area (Å²) in [6, 6.07) is 9.78. The zero-order valence-electron chi connectivity index (χ0n) is 22.7. The lowest BCUT2D eigenvalue weighted by molar-refractivity contribution is 0.454. The van der Waals surface area contributed by atoms with Crippen LogP contribution in [0.4, 0.5) is 14.5 Å². The van der Waals surface area contributed by atoms with Crippen LogP contribution in [-0.4, -0.2) is 42.8 Å². The summed E-state index contributed by atoms with van der Waals surface area (Å²) in [6.07, 6.45) is 5.46. The first-order valence-corrected chi connectivity index (χ1v) is 12.2. The first-order chi connectivity index (χ1) is 19.1. The van der Waals surface area contributed by atoms with E-state index in [2.05, 4.69) is 26.9 Å². The minimum absolute atomic E-state index is 0.0303. The van der Waals surface area contributed by atoms with E-state index in [0.717, 1.165) is 17.8 Å². The van der Waals surface area contributed by atoms with Crippen molar-refractivity contribution in [3.05, 3.63) is 93.3 Å². The van der Waals surface area contributed by atoms with Crippen molar-refractivity contribution in [2.75, 3.05) is 19.0 Å². The van der Waals surface area contributed by atoms with Crippen molar-refractivity contribution in [1.82, 2.24) is 4.57 Å². The molecule has 0 unspecified atom stereocenters. The Balaban J connectivity index is 2.13. The third kappa shape index (κ3) is 6.69. The van der Waals surface area contributed by atoms with Gasteiger partial charge in [0.2, 0.25) is 0 Å². The molecule has 2 N–H and O–H groups in total. The first kappa shape index (κ1) is 29.5. The van der Waals surface area contributed by atoms with E-state index in [-0.39, 0.29) is 16.8 Å². The SMILES string of the molecule is C=C(C=N/C=C(\C=N)c1cc2c([C@@H](CF)Nc3ccc(F)cc3C#N)cc(C)cc2c(=O)n1C)C=NC(C)=NC. The minimum Gasteiger partial charge on any atom is -0.374 e. The van der Waals surface area contributed by atoms with Crippen LogP contribution in [0.2, 0.25) is 0 Å². The number of fused-ring (bicyclic) bond motifs is 1. The number of nitrogens with zero attached hydrogens (tertiary/aromatic N) is 5. The summed E-state index contributed by atoms with van der Waals surface area (Å²) < 4.78 is 29.5. The molecule has 10 heteroatoms. The second kappa shape index (κ2) is 13.2. The molecule has 0 aliphatic heterocycles. The van der Waals surface area contributed by atoms with Gasteiger partial charge in [-0.25, -0.2) is 13.8 Å². The topological polar surface area (TPSA) is 119 Å². The Morgan fingerprint density at radius 1 is 1.25 bits per heavy atom. The smallest absolute Gasteiger partial charge is 0.258 e. The van der Waals surface area contributed by atoms with Crippen molar-refractivity contribution in [2.24, 2.45) is 22.0 Å². The second-order valence-corrected chi connectivity index (χ2v) is 8.97. The molecule has 0 fully saturated rings. The number of pyridine rings is 1. The van der Waals surface area contributed by atoms with Crippen molar-refractivity contribution in [1.29, 1.82) is 10.7 Å². The zero-order valence-corrected chi connectivity index (χ0v) is 22.7. The molecule has 0 amide bonds. The fraction of sp³-hybridized carbons (Fsp3) is 0.200. The number of allylic oxidation sites excluding steroid dienone is 2. The molecule has 204 valence electrons. The number of hydrogen-bond acceptors (Lipinski definition) is 6. The van der Waals surface area contributed by atoms with Gasteiger partial charge in [0.1, 0.15) is 24.4 Å². The van der Waals surface area contributed by atoms with Crippen LogP contribution in [0.25, 0.3) is 16.3 Å². The summed E-state index contributed by atoms with van der Waals surface area (Å²) >= 11 is 0. The number of amidine groups is 1. The maximum Gasteiger partial charge on any atom is 0.258 e. The first-order valence-electron chi connectivity index (χ1n) is 12.2. The summed E-state index contributed by atoms with van der Waals surface area (Å²) in [6.45, 7) is 6.53. The molecule has 3 aromatic rings. The van der Waals surface area contributed by atoms with Crippen LogP contribution in [0.1, 0.15) is 35.3 Å². The van der Waals surface area contributed by atoms with Gasteiger partial charge in [-0.05, 0) is 60.7 Å². The maximum absolute atomic E-state index is 14.5. The number of nitrogens with one attached hydrogen (secondary N) is 2. The van der Waals surface area contributed by atoms with E-state index >= 15 is 0 Å². The van der Waals surface area contributed by atoms with Gasteiger partial charge < -0.3 is 15.3 Å². The van der Waals surface area contributed by atoms with Gasteiger partial charge in [0.05, 0.1) is 23.0 Å². The predicted octanol–water partition coefficient (Wildman–Crippen LogP) is 5.72. The lowest BCUT2D eigenvalue weighted by Crippen LogP contribution is -2.22. The molecule has 1 aromatic heterocycles. The Bertz CT molecular complexity index is 1690. The van der Waals surface area contributed by atoms with Gasteiger partial charge in [0.15, 0.2) is 0 Å². The standard InChI is InChI=1S/C30H29F2N7O/c1-18-8-25(28(12-31)38-27-7-6-23(32)10-21(27)13-33)24-11-29(39(5)30(40)26(24)9-18)22(14-34)17-36-15-19(2)16-37-20(3)35-4/h6-11,14-17,28,34,38H,2,12H2,1,3-5H3/b22-17+,34-14?,35-20?,36-15?,37-16?/t28-/m1/s1. The Labute approximate surface area is 231 Å². The lowest BCUT2D eigenvalue weighted by atomic mass is 9.95. The molecule has 0 spiro atoms. The van der Waals surface area contributed by atoms with Gasteiger partial charge in [-0.3, -0.25) is 14.8 Å². The van der Waals surface area contributed by atoms with E-state index in [1.165, 1.54) is 35.3 Å². The number of aryl methyl sites for hydroxylation is 1. The van der Waals surface area contributed by atoms with E-state index in [9.17, 15) is 18.8 Å². The van der Waals surface area contributed by atoms with Gasteiger partial charge in [-0.1, -0.05) is 12.6 Å². The van der Waals surface area contributed by atoms with Crippen molar-refractivity contribution in [2.45, 2.75) is 19.9 Å². The van der Waals surface area contributed by atoms with E-state index < -0.39 is 18.5 Å². The number of nitriles is 1. The monoisotopic (exact) mass is 541 g/mol. The number of alkyl halides is 1. The Morgan fingerprint density at radius 2 is 2.00 bits per heavy atom. The molecule has 0 aliphatic carbocycles. The van der Waals surface area contributed by atoms with Crippen molar-refractivity contribution in [3.8, 4) is 6.07 Å². The van der Waals surface area contributed by atoms with E-state index in [0.29, 0.717) is 39.0 Å². The van der Waals surface area contributed by atoms with Crippen LogP contribution >= 0.6 is 0 Å². The average molecular weight is 542 g/mol. The van der Waals surface area contributed by atoms with Crippen molar-refractivity contribution in [3.63, 3.8) is 0 Å². The van der Waals surface area contributed by atoms with Crippen LogP contribution in [0.3, 0.4) is 0 Å². The lowest BCUT2D eigenvalue weighted by Gasteiger charge is -2.21. The highest BCUT2D eigenvalue weighted by Crippen LogP contribution is 2.31. The molecule has 1 atom stereocenters. The quantitative estimate of drug-likeness (QED) is 0.266. The average Bonchev–Trinajstić information content (AvgIpc) is 2.95. The van der Waals surface area contributed by atoms with Gasteiger partial charge >= 0.3 is 0 Å². The molecule has 2 aromatic carbocycles. The second-order valence-electron chi connectivity index (χ2n) is 8.97. The number of halogens is 2. The van der Waals surface area contributed by atoms with Gasteiger partial charge in [0.25, 0.3) is 5.56 Å². The number of anilines is 1. The fourth-order valence-corrected chi connectivity index (χ4v) is 4.03. The van der Waals surface area contributed by atoms with E-state index in [4.69, 9.17) is 5.41 Å². The normalized spacial score (nSPS) is 13.1. The van der Waals surface area contributed by atoms with Gasteiger partial charge in [0, 0.05) is 55.5 Å². The van der Waals surface area contributed by atoms with E-state index in [1.54, 1.807) is 46.1 Å². The molecule has 0 saturated carbocycles. The largest absolute Gasteiger partial charge is 0.374 e. The van der Waals surface area contributed by atoms with Crippen LogP contribution in [0.5, 0.6) is 0 Å². The molecule has 0 bridgehead atoms.